The van der Waals surface area contributed by atoms with Crippen molar-refractivity contribution in [2.75, 3.05) is 38.8 Å². The minimum atomic E-state index is -0.452. The Balaban J connectivity index is 2.69. The molecule has 2 rings (SSSR count). The Morgan fingerprint density at radius 2 is 1.38 bits per heavy atom. The van der Waals surface area contributed by atoms with Gasteiger partial charge in [0.05, 0.1) is 11.4 Å². The van der Waals surface area contributed by atoms with Crippen molar-refractivity contribution in [2.45, 2.75) is 5.66 Å². The molecule has 0 atom stereocenters. The molecule has 112 valence electrons. The lowest BCUT2D eigenvalue weighted by Crippen LogP contribution is -2.52. The lowest BCUT2D eigenvalue weighted by Gasteiger charge is -2.36. The van der Waals surface area contributed by atoms with Gasteiger partial charge in [0.15, 0.2) is 0 Å². The predicted octanol–water partition coefficient (Wildman–Crippen LogP) is 2.41. The molecule has 0 amide bonds. The molecule has 0 radical (unpaired) electrons. The summed E-state index contributed by atoms with van der Waals surface area (Å²) in [6.07, 6.45) is 0. The Kier molecular flexibility index (Phi) is 4.83. The van der Waals surface area contributed by atoms with Gasteiger partial charge in [-0.3, -0.25) is 10.6 Å². The Morgan fingerprint density at radius 1 is 0.714 bits per heavy atom. The number of hydrogen-bond acceptors (Lipinski definition) is 4. The van der Waals surface area contributed by atoms with Gasteiger partial charge in [-0.2, -0.15) is 0 Å². The zero-order valence-corrected chi connectivity index (χ0v) is 13.1. The molecule has 0 aliphatic heterocycles. The van der Waals surface area contributed by atoms with Crippen LogP contribution in [0.1, 0.15) is 11.1 Å². The number of benzene rings is 2. The fourth-order valence-corrected chi connectivity index (χ4v) is 2.87. The standard InChI is InChI=1S/C17H24N4/c1-18-15-12-8-11-14(16(15)19-2)17(20-3,21-4)13-9-6-5-7-10-13/h5-12,18-21H,1-4H3. The van der Waals surface area contributed by atoms with Gasteiger partial charge < -0.3 is 10.6 Å². The van der Waals surface area contributed by atoms with Crippen LogP contribution in [0.5, 0.6) is 0 Å². The summed E-state index contributed by atoms with van der Waals surface area (Å²) in [5.74, 6) is 0. The van der Waals surface area contributed by atoms with Crippen molar-refractivity contribution in [3.63, 3.8) is 0 Å². The molecule has 21 heavy (non-hydrogen) atoms. The highest BCUT2D eigenvalue weighted by Gasteiger charge is 2.33. The molecule has 0 fully saturated rings. The third-order valence-electron chi connectivity index (χ3n) is 3.94. The molecule has 0 aliphatic rings. The topological polar surface area (TPSA) is 48.1 Å². The quantitative estimate of drug-likeness (QED) is 0.615. The van der Waals surface area contributed by atoms with Gasteiger partial charge in [-0.1, -0.05) is 42.5 Å². The van der Waals surface area contributed by atoms with E-state index in [1.54, 1.807) is 0 Å². The van der Waals surface area contributed by atoms with E-state index in [0.29, 0.717) is 0 Å². The maximum absolute atomic E-state index is 3.44. The van der Waals surface area contributed by atoms with Crippen LogP contribution in [0.15, 0.2) is 48.5 Å². The Morgan fingerprint density at radius 3 is 1.90 bits per heavy atom. The summed E-state index contributed by atoms with van der Waals surface area (Å²) in [7, 11) is 7.81. The van der Waals surface area contributed by atoms with Crippen LogP contribution in [0.4, 0.5) is 11.4 Å². The first kappa shape index (κ1) is 15.4. The molecular formula is C17H24N4. The Bertz CT molecular complexity index is 577. The van der Waals surface area contributed by atoms with Gasteiger partial charge in [-0.15, -0.1) is 0 Å². The van der Waals surface area contributed by atoms with Crippen LogP contribution in [-0.4, -0.2) is 28.2 Å². The molecule has 0 saturated carbocycles. The second-order valence-corrected chi connectivity index (χ2v) is 4.84. The van der Waals surface area contributed by atoms with Crippen LogP contribution < -0.4 is 21.3 Å². The van der Waals surface area contributed by atoms with Gasteiger partial charge in [-0.25, -0.2) is 0 Å². The highest BCUT2D eigenvalue weighted by Crippen LogP contribution is 2.35. The highest BCUT2D eigenvalue weighted by atomic mass is 15.2. The Labute approximate surface area is 127 Å². The summed E-state index contributed by atoms with van der Waals surface area (Å²) in [6, 6.07) is 16.6. The molecule has 0 unspecified atom stereocenters. The van der Waals surface area contributed by atoms with E-state index in [1.165, 1.54) is 5.56 Å². The second kappa shape index (κ2) is 6.61. The molecule has 0 heterocycles. The molecule has 0 spiro atoms. The molecule has 4 nitrogen and oxygen atoms in total. The fourth-order valence-electron chi connectivity index (χ4n) is 2.87. The van der Waals surface area contributed by atoms with Crippen LogP contribution in [0.25, 0.3) is 0 Å². The van der Waals surface area contributed by atoms with E-state index in [0.717, 1.165) is 16.9 Å². The summed E-state index contributed by atoms with van der Waals surface area (Å²) in [4.78, 5) is 0. The summed E-state index contributed by atoms with van der Waals surface area (Å²) in [5.41, 5.74) is 4.01. The summed E-state index contributed by atoms with van der Waals surface area (Å²) < 4.78 is 0. The molecule has 0 bridgehead atoms. The summed E-state index contributed by atoms with van der Waals surface area (Å²) in [5, 5.41) is 13.4. The molecule has 4 heteroatoms. The van der Waals surface area contributed by atoms with E-state index in [1.807, 2.05) is 34.3 Å². The van der Waals surface area contributed by atoms with Crippen molar-refractivity contribution >= 4 is 11.4 Å². The second-order valence-electron chi connectivity index (χ2n) is 4.84. The molecule has 2 aromatic carbocycles. The van der Waals surface area contributed by atoms with Crippen LogP contribution in [0.3, 0.4) is 0 Å². The molecule has 0 aliphatic carbocycles. The van der Waals surface area contributed by atoms with E-state index in [9.17, 15) is 0 Å². The fraction of sp³-hybridized carbons (Fsp3) is 0.294. The molecule has 2 aromatic rings. The SMILES string of the molecule is CNc1cccc(C(NC)(NC)c2ccccc2)c1NC. The molecule has 4 N–H and O–H groups in total. The summed E-state index contributed by atoms with van der Waals surface area (Å²) in [6.45, 7) is 0. The van der Waals surface area contributed by atoms with Crippen molar-refractivity contribution in [1.82, 2.24) is 10.6 Å². The molecular weight excluding hydrogens is 260 g/mol. The van der Waals surface area contributed by atoms with Crippen LogP contribution in [-0.2, 0) is 5.66 Å². The minimum absolute atomic E-state index is 0.452. The maximum atomic E-state index is 3.44. The lowest BCUT2D eigenvalue weighted by molar-refractivity contribution is 0.374. The third-order valence-corrected chi connectivity index (χ3v) is 3.94. The number of hydrogen-bond donors (Lipinski definition) is 4. The lowest BCUT2D eigenvalue weighted by atomic mass is 9.89. The van der Waals surface area contributed by atoms with Gasteiger partial charge in [-0.05, 0) is 25.7 Å². The zero-order chi connectivity index (χ0) is 15.3. The van der Waals surface area contributed by atoms with Gasteiger partial charge in [0, 0.05) is 19.7 Å². The number of nitrogens with one attached hydrogen (secondary N) is 4. The monoisotopic (exact) mass is 284 g/mol. The van der Waals surface area contributed by atoms with Gasteiger partial charge in [0.2, 0.25) is 0 Å². The summed E-state index contributed by atoms with van der Waals surface area (Å²) >= 11 is 0. The normalized spacial score (nSPS) is 11.2. The largest absolute Gasteiger partial charge is 0.386 e. The van der Waals surface area contributed by atoms with Gasteiger partial charge in [0.25, 0.3) is 0 Å². The number of anilines is 2. The predicted molar refractivity (Wildman–Crippen MR) is 90.9 cm³/mol. The minimum Gasteiger partial charge on any atom is -0.386 e. The first-order valence-electron chi connectivity index (χ1n) is 7.15. The van der Waals surface area contributed by atoms with Gasteiger partial charge in [0.1, 0.15) is 5.66 Å². The first-order chi connectivity index (χ1) is 10.2. The van der Waals surface area contributed by atoms with Crippen LogP contribution >= 0.6 is 0 Å². The van der Waals surface area contributed by atoms with Crippen LogP contribution in [0, 0.1) is 0 Å². The molecule has 0 saturated heterocycles. The van der Waals surface area contributed by atoms with Crippen LogP contribution in [0.2, 0.25) is 0 Å². The number of para-hydroxylation sites is 1. The van der Waals surface area contributed by atoms with E-state index < -0.39 is 5.66 Å². The smallest absolute Gasteiger partial charge is 0.123 e. The highest BCUT2D eigenvalue weighted by molar-refractivity contribution is 5.74. The number of rotatable bonds is 6. The van der Waals surface area contributed by atoms with E-state index >= 15 is 0 Å². The van der Waals surface area contributed by atoms with E-state index in [4.69, 9.17) is 0 Å². The average Bonchev–Trinajstić information content (AvgIpc) is 2.57. The molecule has 0 aromatic heterocycles. The van der Waals surface area contributed by atoms with Crippen molar-refractivity contribution < 1.29 is 0 Å². The maximum Gasteiger partial charge on any atom is 0.123 e. The van der Waals surface area contributed by atoms with E-state index in [-0.39, 0.29) is 0 Å². The average molecular weight is 284 g/mol. The van der Waals surface area contributed by atoms with Crippen molar-refractivity contribution in [2.24, 2.45) is 0 Å². The van der Waals surface area contributed by atoms with Gasteiger partial charge >= 0.3 is 0 Å². The van der Waals surface area contributed by atoms with E-state index in [2.05, 4.69) is 63.7 Å². The third kappa shape index (κ3) is 2.60. The zero-order valence-electron chi connectivity index (χ0n) is 13.1. The van der Waals surface area contributed by atoms with Crippen molar-refractivity contribution in [3.8, 4) is 0 Å². The Hall–Kier alpha value is -2.04. The first-order valence-corrected chi connectivity index (χ1v) is 7.15. The van der Waals surface area contributed by atoms with Crippen molar-refractivity contribution in [3.05, 3.63) is 59.7 Å². The van der Waals surface area contributed by atoms with Crippen molar-refractivity contribution in [1.29, 1.82) is 0 Å².